The number of para-hydroxylation sites is 1. The van der Waals surface area contributed by atoms with E-state index in [0.29, 0.717) is 31.1 Å². The van der Waals surface area contributed by atoms with Crippen LogP contribution in [0, 0.1) is 0 Å². The fraction of sp³-hybridized carbons (Fsp3) is 0.381. The van der Waals surface area contributed by atoms with Crippen molar-refractivity contribution in [3.63, 3.8) is 0 Å². The quantitative estimate of drug-likeness (QED) is 0.713. The van der Waals surface area contributed by atoms with Gasteiger partial charge in [-0.1, -0.05) is 18.2 Å². The second-order valence-electron chi connectivity index (χ2n) is 6.69. The first-order chi connectivity index (χ1) is 13.5. The van der Waals surface area contributed by atoms with Crippen molar-refractivity contribution in [3.8, 4) is 5.75 Å². The molecular weight excluding hydrogens is 376 g/mol. The Hall–Kier alpha value is -2.54. The molecule has 0 aliphatic carbocycles. The average molecular weight is 403 g/mol. The number of hydrogen-bond donors (Lipinski definition) is 0. The van der Waals surface area contributed by atoms with Crippen molar-refractivity contribution < 1.29 is 17.9 Å². The van der Waals surface area contributed by atoms with Crippen LogP contribution >= 0.6 is 0 Å². The maximum atomic E-state index is 13.3. The number of benzene rings is 2. The predicted molar refractivity (Wildman–Crippen MR) is 109 cm³/mol. The van der Waals surface area contributed by atoms with E-state index in [0.717, 1.165) is 19.3 Å². The lowest BCUT2D eigenvalue weighted by molar-refractivity contribution is -0.130. The summed E-state index contributed by atoms with van der Waals surface area (Å²) in [4.78, 5) is 14.7. The van der Waals surface area contributed by atoms with Crippen molar-refractivity contribution in [2.24, 2.45) is 0 Å². The summed E-state index contributed by atoms with van der Waals surface area (Å²) in [7, 11) is -3.89. The van der Waals surface area contributed by atoms with Crippen LogP contribution in [0.4, 0.5) is 5.69 Å². The molecule has 0 atom stereocenters. The van der Waals surface area contributed by atoms with Gasteiger partial charge in [0.1, 0.15) is 12.3 Å². The molecule has 28 heavy (non-hydrogen) atoms. The van der Waals surface area contributed by atoms with E-state index in [1.165, 1.54) is 16.4 Å². The molecule has 0 bridgehead atoms. The number of carbonyl (C=O) groups is 1. The van der Waals surface area contributed by atoms with E-state index in [9.17, 15) is 13.2 Å². The normalized spacial score (nSPS) is 14.5. The third kappa shape index (κ3) is 4.65. The van der Waals surface area contributed by atoms with Crippen LogP contribution in [0.2, 0.25) is 0 Å². The van der Waals surface area contributed by atoms with Gasteiger partial charge in [0.2, 0.25) is 5.91 Å². The number of ether oxygens (including phenoxy) is 1. The Labute approximate surface area is 166 Å². The summed E-state index contributed by atoms with van der Waals surface area (Å²) in [6.45, 7) is 3.54. The minimum Gasteiger partial charge on any atom is -0.494 e. The second kappa shape index (κ2) is 9.10. The fourth-order valence-electron chi connectivity index (χ4n) is 3.28. The van der Waals surface area contributed by atoms with Gasteiger partial charge in [-0.25, -0.2) is 8.42 Å². The molecule has 0 spiro atoms. The Morgan fingerprint density at radius 1 is 1.00 bits per heavy atom. The molecule has 0 radical (unpaired) electrons. The van der Waals surface area contributed by atoms with Gasteiger partial charge in [0.25, 0.3) is 10.0 Å². The topological polar surface area (TPSA) is 66.9 Å². The van der Waals surface area contributed by atoms with E-state index in [4.69, 9.17) is 4.74 Å². The molecule has 2 aromatic rings. The Morgan fingerprint density at radius 3 is 2.25 bits per heavy atom. The van der Waals surface area contributed by atoms with Crippen LogP contribution in [0.3, 0.4) is 0 Å². The largest absolute Gasteiger partial charge is 0.494 e. The van der Waals surface area contributed by atoms with Gasteiger partial charge in [-0.15, -0.1) is 0 Å². The number of likely N-dealkylation sites (tertiary alicyclic amines) is 1. The van der Waals surface area contributed by atoms with Gasteiger partial charge in [-0.05, 0) is 62.6 Å². The Morgan fingerprint density at radius 2 is 1.64 bits per heavy atom. The number of rotatable bonds is 7. The summed E-state index contributed by atoms with van der Waals surface area (Å²) in [5, 5.41) is 0. The van der Waals surface area contributed by atoms with Crippen molar-refractivity contribution in [1.82, 2.24) is 4.90 Å². The van der Waals surface area contributed by atoms with Gasteiger partial charge < -0.3 is 9.64 Å². The monoisotopic (exact) mass is 402 g/mol. The van der Waals surface area contributed by atoms with Crippen LogP contribution in [0.5, 0.6) is 5.75 Å². The number of nitrogens with zero attached hydrogens (tertiary/aromatic N) is 2. The molecule has 3 rings (SSSR count). The molecule has 0 aromatic heterocycles. The standard InChI is InChI=1S/C21H26N2O4S/c1-2-27-19-11-13-20(14-12-19)28(25,26)23(18-9-5-3-6-10-18)17-21(24)22-15-7-4-8-16-22/h3,5-6,9-14H,2,4,7-8,15-17H2,1H3. The maximum Gasteiger partial charge on any atom is 0.264 e. The van der Waals surface area contributed by atoms with Crippen LogP contribution < -0.4 is 9.04 Å². The fourth-order valence-corrected chi connectivity index (χ4v) is 4.69. The summed E-state index contributed by atoms with van der Waals surface area (Å²) in [5.41, 5.74) is 0.474. The Kier molecular flexibility index (Phi) is 6.57. The zero-order chi connectivity index (χ0) is 20.0. The van der Waals surface area contributed by atoms with Crippen LogP contribution in [0.1, 0.15) is 26.2 Å². The Balaban J connectivity index is 1.90. The van der Waals surface area contributed by atoms with E-state index >= 15 is 0 Å². The minimum atomic E-state index is -3.89. The third-order valence-corrected chi connectivity index (χ3v) is 6.54. The van der Waals surface area contributed by atoms with E-state index in [1.807, 2.05) is 13.0 Å². The van der Waals surface area contributed by atoms with Gasteiger partial charge in [-0.2, -0.15) is 0 Å². The summed E-state index contributed by atoms with van der Waals surface area (Å²) >= 11 is 0. The SMILES string of the molecule is CCOc1ccc(S(=O)(=O)N(CC(=O)N2CCCCC2)c2ccccc2)cc1. The average Bonchev–Trinajstić information content (AvgIpc) is 2.73. The number of piperidine rings is 1. The number of sulfonamides is 1. The van der Waals surface area contributed by atoms with Crippen molar-refractivity contribution >= 4 is 21.6 Å². The molecule has 1 aliphatic heterocycles. The van der Waals surface area contributed by atoms with Gasteiger partial charge in [-0.3, -0.25) is 9.10 Å². The molecule has 1 fully saturated rings. The minimum absolute atomic E-state index is 0.131. The first-order valence-electron chi connectivity index (χ1n) is 9.61. The smallest absolute Gasteiger partial charge is 0.264 e. The van der Waals surface area contributed by atoms with Crippen LogP contribution in [-0.2, 0) is 14.8 Å². The van der Waals surface area contributed by atoms with Crippen molar-refractivity contribution in [2.75, 3.05) is 30.5 Å². The highest BCUT2D eigenvalue weighted by atomic mass is 32.2. The lowest BCUT2D eigenvalue weighted by Crippen LogP contribution is -2.44. The van der Waals surface area contributed by atoms with Crippen molar-refractivity contribution in [2.45, 2.75) is 31.1 Å². The van der Waals surface area contributed by atoms with Crippen molar-refractivity contribution in [3.05, 3.63) is 54.6 Å². The molecule has 0 N–H and O–H groups in total. The first-order valence-corrected chi connectivity index (χ1v) is 11.0. The molecule has 1 amide bonds. The lowest BCUT2D eigenvalue weighted by atomic mass is 10.1. The van der Waals surface area contributed by atoms with E-state index in [2.05, 4.69) is 0 Å². The molecule has 6 nitrogen and oxygen atoms in total. The molecule has 0 saturated carbocycles. The molecule has 1 aliphatic rings. The maximum absolute atomic E-state index is 13.3. The molecule has 2 aromatic carbocycles. The van der Waals surface area contributed by atoms with Crippen LogP contribution in [-0.4, -0.2) is 45.5 Å². The van der Waals surface area contributed by atoms with E-state index < -0.39 is 10.0 Å². The zero-order valence-corrected chi connectivity index (χ0v) is 16.9. The highest BCUT2D eigenvalue weighted by Gasteiger charge is 2.29. The first kappa shape index (κ1) is 20.2. The molecule has 150 valence electrons. The Bertz CT molecular complexity index is 876. The summed E-state index contributed by atoms with van der Waals surface area (Å²) in [6, 6.07) is 15.0. The van der Waals surface area contributed by atoms with Gasteiger partial charge in [0, 0.05) is 13.1 Å². The molecule has 1 saturated heterocycles. The molecule has 7 heteroatoms. The molecular formula is C21H26N2O4S. The second-order valence-corrected chi connectivity index (χ2v) is 8.56. The van der Waals surface area contributed by atoms with E-state index in [1.54, 1.807) is 41.3 Å². The van der Waals surface area contributed by atoms with Crippen LogP contribution in [0.25, 0.3) is 0 Å². The molecule has 0 unspecified atom stereocenters. The summed E-state index contributed by atoms with van der Waals surface area (Å²) in [6.07, 6.45) is 3.03. The number of amides is 1. The zero-order valence-electron chi connectivity index (χ0n) is 16.1. The van der Waals surface area contributed by atoms with Gasteiger partial charge >= 0.3 is 0 Å². The number of carbonyl (C=O) groups excluding carboxylic acids is 1. The van der Waals surface area contributed by atoms with E-state index in [-0.39, 0.29) is 17.3 Å². The summed E-state index contributed by atoms with van der Waals surface area (Å²) in [5.74, 6) is 0.440. The highest BCUT2D eigenvalue weighted by molar-refractivity contribution is 7.92. The molecule has 1 heterocycles. The lowest BCUT2D eigenvalue weighted by Gasteiger charge is -2.30. The van der Waals surface area contributed by atoms with Gasteiger partial charge in [0.15, 0.2) is 0 Å². The summed E-state index contributed by atoms with van der Waals surface area (Å²) < 4.78 is 33.3. The number of hydrogen-bond acceptors (Lipinski definition) is 4. The van der Waals surface area contributed by atoms with Crippen molar-refractivity contribution in [1.29, 1.82) is 0 Å². The predicted octanol–water partition coefficient (Wildman–Crippen LogP) is 3.29. The van der Waals surface area contributed by atoms with Gasteiger partial charge in [0.05, 0.1) is 17.2 Å². The number of anilines is 1. The third-order valence-electron chi connectivity index (χ3n) is 4.75. The van der Waals surface area contributed by atoms with Crippen LogP contribution in [0.15, 0.2) is 59.5 Å². The highest BCUT2D eigenvalue weighted by Crippen LogP contribution is 2.25.